The van der Waals surface area contributed by atoms with Gasteiger partial charge in [0.15, 0.2) is 0 Å². The highest BCUT2D eigenvalue weighted by atomic mass is 14.6. The number of hydrogen-bond donors (Lipinski definition) is 0. The Labute approximate surface area is 31.2 Å². The van der Waals surface area contributed by atoms with Gasteiger partial charge < -0.3 is 0 Å². The number of nitriles is 1. The van der Waals surface area contributed by atoms with Crippen LogP contribution in [0.1, 0.15) is 6.92 Å². The van der Waals surface area contributed by atoms with Crippen LogP contribution < -0.4 is 5.73 Å². The van der Waals surface area contributed by atoms with E-state index in [0.29, 0.717) is 0 Å². The van der Waals surface area contributed by atoms with Crippen LogP contribution in [0.3, 0.4) is 0 Å². The number of hydrogen-bond acceptors (Lipinski definition) is 1. The predicted molar refractivity (Wildman–Crippen MR) is 18.2 cm³/mol. The van der Waals surface area contributed by atoms with Gasteiger partial charge in [-0.05, 0) is 6.92 Å². The van der Waals surface area contributed by atoms with Crippen LogP contribution in [0.15, 0.2) is 0 Å². The third-order valence-electron chi connectivity index (χ3n) is 0.194. The minimum Gasteiger partial charge on any atom is -0.240 e. The van der Waals surface area contributed by atoms with Gasteiger partial charge in [-0.2, -0.15) is 5.26 Å². The van der Waals surface area contributed by atoms with E-state index in [9.17, 15) is 0 Å². The molecule has 0 aromatic heterocycles. The van der Waals surface area contributed by atoms with Gasteiger partial charge in [-0.1, -0.05) is 0 Å². The zero-order valence-electron chi connectivity index (χ0n) is 3.02. The highest BCUT2D eigenvalue weighted by Crippen LogP contribution is 1.64. The van der Waals surface area contributed by atoms with Crippen molar-refractivity contribution in [3.8, 4) is 6.07 Å². The van der Waals surface area contributed by atoms with Gasteiger partial charge in [0.25, 0.3) is 0 Å². The fourth-order valence-corrected chi connectivity index (χ4v) is 0. The summed E-state index contributed by atoms with van der Waals surface area (Å²) in [5, 5.41) is 7.71. The summed E-state index contributed by atoms with van der Waals surface area (Å²) >= 11 is 0. The zero-order valence-corrected chi connectivity index (χ0v) is 3.02. The van der Waals surface area contributed by atoms with Gasteiger partial charge in [-0.25, -0.2) is 5.73 Å². The Morgan fingerprint density at radius 3 is 2.20 bits per heavy atom. The average Bonchev–Trinajstić information content (AvgIpc) is 1.38. The molecule has 0 aliphatic carbocycles. The van der Waals surface area contributed by atoms with Crippen LogP contribution in [0.2, 0.25) is 0 Å². The van der Waals surface area contributed by atoms with E-state index in [1.165, 1.54) is 6.92 Å². The lowest BCUT2D eigenvalue weighted by molar-refractivity contribution is 0.905. The van der Waals surface area contributed by atoms with E-state index < -0.39 is 6.04 Å². The first-order valence-corrected chi connectivity index (χ1v) is 1.38. The third kappa shape index (κ3) is 3.45. The quantitative estimate of drug-likeness (QED) is 0.400. The van der Waals surface area contributed by atoms with E-state index in [1.807, 2.05) is 0 Å². The summed E-state index contributed by atoms with van der Waals surface area (Å²) in [5.74, 6) is 0. The van der Waals surface area contributed by atoms with Crippen molar-refractivity contribution < 1.29 is 0 Å². The maximum atomic E-state index is 7.71. The van der Waals surface area contributed by atoms with Gasteiger partial charge >= 0.3 is 0 Å². The van der Waals surface area contributed by atoms with Crippen molar-refractivity contribution in [2.75, 3.05) is 0 Å². The molecular weight excluding hydrogens is 64.0 g/mol. The van der Waals surface area contributed by atoms with Crippen LogP contribution in [0.4, 0.5) is 0 Å². The number of nitrogens with one attached hydrogen (secondary N) is 1. The van der Waals surface area contributed by atoms with E-state index >= 15 is 0 Å². The molecule has 0 aromatic carbocycles. The first-order valence-electron chi connectivity index (χ1n) is 1.38. The van der Waals surface area contributed by atoms with E-state index in [4.69, 9.17) is 11.0 Å². The minimum absolute atomic E-state index is 0.560. The fourth-order valence-electron chi connectivity index (χ4n) is 0. The zero-order chi connectivity index (χ0) is 4.28. The van der Waals surface area contributed by atoms with E-state index in [2.05, 4.69) is 0 Å². The molecule has 0 fully saturated rings. The van der Waals surface area contributed by atoms with Crippen molar-refractivity contribution in [1.82, 2.24) is 5.73 Å². The monoisotopic (exact) mass is 69.0 g/mol. The van der Waals surface area contributed by atoms with Crippen molar-refractivity contribution in [3.63, 3.8) is 0 Å². The van der Waals surface area contributed by atoms with E-state index in [0.717, 1.165) is 0 Å². The maximum Gasteiger partial charge on any atom is 0.105 e. The van der Waals surface area contributed by atoms with Gasteiger partial charge in [-0.3, -0.25) is 0 Å². The molecule has 1 N–H and O–H groups in total. The van der Waals surface area contributed by atoms with Crippen molar-refractivity contribution in [2.45, 2.75) is 13.0 Å². The van der Waals surface area contributed by atoms with Crippen molar-refractivity contribution in [1.29, 1.82) is 5.26 Å². The Morgan fingerprint density at radius 1 is 2.00 bits per heavy atom. The molecule has 1 atom stereocenters. The van der Waals surface area contributed by atoms with Crippen LogP contribution in [-0.2, 0) is 0 Å². The first-order chi connectivity index (χ1) is 2.27. The molecule has 0 saturated heterocycles. The summed E-state index contributed by atoms with van der Waals surface area (Å²) in [6.07, 6.45) is 0. The second-order valence-electron chi connectivity index (χ2n) is 0.851. The highest BCUT2D eigenvalue weighted by Gasteiger charge is 1.79. The Hall–Kier alpha value is -0.550. The van der Waals surface area contributed by atoms with Crippen molar-refractivity contribution in [3.05, 3.63) is 0 Å². The van der Waals surface area contributed by atoms with Crippen molar-refractivity contribution in [2.24, 2.45) is 0 Å². The Balaban J connectivity index is 2.94. The van der Waals surface area contributed by atoms with Gasteiger partial charge in [-0.15, -0.1) is 0 Å². The second kappa shape index (κ2) is 1.74. The SMILES string of the molecule is CC([NH])C#N. The average molecular weight is 69.1 g/mol. The normalized spacial score (nSPS) is 13.0. The molecule has 5 heavy (non-hydrogen) atoms. The molecule has 2 heteroatoms. The van der Waals surface area contributed by atoms with Crippen LogP contribution >= 0.6 is 0 Å². The number of nitrogens with zero attached hydrogens (tertiary/aromatic N) is 1. The first kappa shape index (κ1) is 4.45. The summed E-state index contributed by atoms with van der Waals surface area (Å²) in [6, 6.07) is 1.13. The van der Waals surface area contributed by atoms with Crippen LogP contribution in [0.25, 0.3) is 0 Å². The van der Waals surface area contributed by atoms with Crippen LogP contribution in [0.5, 0.6) is 0 Å². The molecule has 0 bridgehead atoms. The number of rotatable bonds is 0. The molecule has 1 radical (unpaired) electrons. The predicted octanol–water partition coefficient (Wildman–Crippen LogP) is 0.181. The molecule has 2 nitrogen and oxygen atoms in total. The lowest BCUT2D eigenvalue weighted by atomic mass is 10.4. The minimum atomic E-state index is -0.560. The Kier molecular flexibility index (Phi) is 1.55. The summed E-state index contributed by atoms with van der Waals surface area (Å²) in [5.41, 5.74) is 6.47. The molecule has 0 rings (SSSR count). The molecule has 0 aliphatic rings. The van der Waals surface area contributed by atoms with Gasteiger partial charge in [0.1, 0.15) is 6.04 Å². The van der Waals surface area contributed by atoms with E-state index in [1.54, 1.807) is 6.07 Å². The summed E-state index contributed by atoms with van der Waals surface area (Å²) in [4.78, 5) is 0. The third-order valence-corrected chi connectivity index (χ3v) is 0.194. The smallest absolute Gasteiger partial charge is 0.105 e. The molecule has 0 saturated carbocycles. The maximum absolute atomic E-state index is 7.71. The summed E-state index contributed by atoms with van der Waals surface area (Å²) < 4.78 is 0. The molecule has 0 heterocycles. The topological polar surface area (TPSA) is 47.6 Å². The van der Waals surface area contributed by atoms with Crippen LogP contribution in [-0.4, -0.2) is 6.04 Å². The van der Waals surface area contributed by atoms with Crippen molar-refractivity contribution >= 4 is 0 Å². The molecule has 0 aromatic rings. The van der Waals surface area contributed by atoms with Gasteiger partial charge in [0.05, 0.1) is 6.07 Å². The standard InChI is InChI=1S/C3H5N2/c1-3(5)2-4/h3,5H,1H3. The summed E-state index contributed by atoms with van der Waals surface area (Å²) in [7, 11) is 0. The fraction of sp³-hybridized carbons (Fsp3) is 0.667. The molecule has 1 unspecified atom stereocenters. The molecular formula is C3H5N2. The molecule has 0 amide bonds. The van der Waals surface area contributed by atoms with E-state index in [-0.39, 0.29) is 0 Å². The molecule has 0 aliphatic heterocycles. The molecule has 27 valence electrons. The molecule has 0 spiro atoms. The summed E-state index contributed by atoms with van der Waals surface area (Å²) in [6.45, 7) is 1.53. The Morgan fingerprint density at radius 2 is 2.20 bits per heavy atom. The highest BCUT2D eigenvalue weighted by molar-refractivity contribution is 4.80. The second-order valence-corrected chi connectivity index (χ2v) is 0.851. The van der Waals surface area contributed by atoms with Gasteiger partial charge in [0, 0.05) is 0 Å². The Bertz CT molecular complexity index is 50.4. The lowest BCUT2D eigenvalue weighted by Gasteiger charge is -1.75. The lowest BCUT2D eigenvalue weighted by Crippen LogP contribution is -1.94. The largest absolute Gasteiger partial charge is 0.240 e. The van der Waals surface area contributed by atoms with Crippen LogP contribution in [0, 0.1) is 11.3 Å². The van der Waals surface area contributed by atoms with Gasteiger partial charge in [0.2, 0.25) is 0 Å².